The maximum Gasteiger partial charge on any atom is 0.227 e. The molecule has 35 heavy (non-hydrogen) atoms. The standard InChI is InChI=1S/C28H38FN3O3/c1-7-20(2)31(17-24(33)19-34-28(4,5)6)18-26-21(3)30-32(23-11-9-8-10-12-23)27(26)35-25-15-13-22(29)14-16-25/h8-16,20,24,33H,7,17-19H2,1-6H3/t20-,24-/m0/s1. The van der Waals surface area contributed by atoms with Crippen LogP contribution in [0.3, 0.4) is 0 Å². The first-order chi connectivity index (χ1) is 16.6. The first kappa shape index (κ1) is 26.9. The Kier molecular flexibility index (Phi) is 9.05. The van der Waals surface area contributed by atoms with Crippen LogP contribution in [0.15, 0.2) is 54.6 Å². The number of hydrogen-bond donors (Lipinski definition) is 1. The van der Waals surface area contributed by atoms with Crippen LogP contribution in [-0.4, -0.2) is 50.7 Å². The monoisotopic (exact) mass is 483 g/mol. The number of nitrogens with zero attached hydrogens (tertiary/aromatic N) is 3. The molecule has 0 radical (unpaired) electrons. The quantitative estimate of drug-likeness (QED) is 0.369. The fourth-order valence-electron chi connectivity index (χ4n) is 3.71. The minimum atomic E-state index is -0.630. The van der Waals surface area contributed by atoms with Gasteiger partial charge in [0.2, 0.25) is 5.88 Å². The smallest absolute Gasteiger partial charge is 0.227 e. The van der Waals surface area contributed by atoms with Crippen molar-refractivity contribution in [3.05, 3.63) is 71.7 Å². The predicted molar refractivity (Wildman–Crippen MR) is 137 cm³/mol. The molecule has 0 fully saturated rings. The maximum atomic E-state index is 13.5. The van der Waals surface area contributed by atoms with E-state index in [1.807, 2.05) is 58.0 Å². The zero-order chi connectivity index (χ0) is 25.6. The van der Waals surface area contributed by atoms with E-state index >= 15 is 0 Å². The number of aliphatic hydroxyl groups excluding tert-OH is 1. The number of halogens is 1. The number of ether oxygens (including phenoxy) is 2. The van der Waals surface area contributed by atoms with Crippen LogP contribution < -0.4 is 4.74 Å². The Bertz CT molecular complexity index is 1060. The molecule has 2 aromatic carbocycles. The molecule has 0 aliphatic carbocycles. The molecule has 1 N–H and O–H groups in total. The van der Waals surface area contributed by atoms with Crippen molar-refractivity contribution in [2.75, 3.05) is 13.2 Å². The first-order valence-corrected chi connectivity index (χ1v) is 12.2. The van der Waals surface area contributed by atoms with Gasteiger partial charge in [0, 0.05) is 19.1 Å². The van der Waals surface area contributed by atoms with Gasteiger partial charge in [-0.25, -0.2) is 9.07 Å². The van der Waals surface area contributed by atoms with Crippen LogP contribution in [0.25, 0.3) is 5.69 Å². The predicted octanol–water partition coefficient (Wildman–Crippen LogP) is 5.89. The van der Waals surface area contributed by atoms with Crippen LogP contribution in [0.4, 0.5) is 4.39 Å². The van der Waals surface area contributed by atoms with E-state index in [4.69, 9.17) is 14.6 Å². The van der Waals surface area contributed by atoms with Crippen molar-refractivity contribution in [2.45, 2.75) is 72.3 Å². The summed E-state index contributed by atoms with van der Waals surface area (Å²) in [5.74, 6) is 0.784. The number of para-hydroxylation sites is 1. The SMILES string of the molecule is CC[C@H](C)N(Cc1c(C)nn(-c2ccccc2)c1Oc1ccc(F)cc1)C[C@H](O)COC(C)(C)C. The lowest BCUT2D eigenvalue weighted by molar-refractivity contribution is -0.0593. The van der Waals surface area contributed by atoms with Gasteiger partial charge in [-0.1, -0.05) is 25.1 Å². The van der Waals surface area contributed by atoms with Gasteiger partial charge in [-0.15, -0.1) is 0 Å². The second-order valence-corrected chi connectivity index (χ2v) is 9.94. The molecule has 7 heteroatoms. The third-order valence-corrected chi connectivity index (χ3v) is 5.90. The summed E-state index contributed by atoms with van der Waals surface area (Å²) in [4.78, 5) is 2.23. The third kappa shape index (κ3) is 7.62. The second-order valence-electron chi connectivity index (χ2n) is 9.94. The molecule has 1 aromatic heterocycles. The average molecular weight is 484 g/mol. The van der Waals surface area contributed by atoms with E-state index in [2.05, 4.69) is 18.7 Å². The minimum Gasteiger partial charge on any atom is -0.439 e. The molecular weight excluding hydrogens is 445 g/mol. The van der Waals surface area contributed by atoms with Crippen LogP contribution in [0, 0.1) is 12.7 Å². The van der Waals surface area contributed by atoms with Crippen molar-refractivity contribution in [1.29, 1.82) is 0 Å². The molecule has 0 unspecified atom stereocenters. The van der Waals surface area contributed by atoms with E-state index in [0.717, 1.165) is 23.4 Å². The summed E-state index contributed by atoms with van der Waals surface area (Å²) in [5, 5.41) is 15.5. The van der Waals surface area contributed by atoms with E-state index in [0.29, 0.717) is 24.7 Å². The molecule has 0 amide bonds. The van der Waals surface area contributed by atoms with Gasteiger partial charge in [0.15, 0.2) is 0 Å². The summed E-state index contributed by atoms with van der Waals surface area (Å²) in [6.07, 6.45) is 0.293. The lowest BCUT2D eigenvalue weighted by Crippen LogP contribution is -2.41. The van der Waals surface area contributed by atoms with Gasteiger partial charge in [-0.2, -0.15) is 5.10 Å². The van der Waals surface area contributed by atoms with E-state index in [1.54, 1.807) is 16.8 Å². The second kappa shape index (κ2) is 11.8. The number of aryl methyl sites for hydroxylation is 1. The number of aromatic nitrogens is 2. The highest BCUT2D eigenvalue weighted by atomic mass is 19.1. The molecule has 6 nitrogen and oxygen atoms in total. The molecule has 3 aromatic rings. The maximum absolute atomic E-state index is 13.5. The summed E-state index contributed by atoms with van der Waals surface area (Å²) in [6.45, 7) is 13.4. The Balaban J connectivity index is 1.94. The number of rotatable bonds is 11. The van der Waals surface area contributed by atoms with E-state index in [-0.39, 0.29) is 24.1 Å². The topological polar surface area (TPSA) is 59.8 Å². The average Bonchev–Trinajstić information content (AvgIpc) is 3.13. The van der Waals surface area contributed by atoms with Crippen molar-refractivity contribution in [2.24, 2.45) is 0 Å². The third-order valence-electron chi connectivity index (χ3n) is 5.90. The zero-order valence-electron chi connectivity index (χ0n) is 21.7. The molecule has 0 spiro atoms. The number of aliphatic hydroxyl groups is 1. The van der Waals surface area contributed by atoms with Gasteiger partial charge in [0.25, 0.3) is 0 Å². The van der Waals surface area contributed by atoms with Gasteiger partial charge in [-0.3, -0.25) is 4.90 Å². The van der Waals surface area contributed by atoms with Crippen LogP contribution in [0.5, 0.6) is 11.6 Å². The highest BCUT2D eigenvalue weighted by Crippen LogP contribution is 2.32. The Morgan fingerprint density at radius 3 is 2.34 bits per heavy atom. The van der Waals surface area contributed by atoms with Crippen LogP contribution in [-0.2, 0) is 11.3 Å². The Hall–Kier alpha value is -2.74. The lowest BCUT2D eigenvalue weighted by Gasteiger charge is -2.31. The highest BCUT2D eigenvalue weighted by molar-refractivity contribution is 5.43. The van der Waals surface area contributed by atoms with Crippen molar-refractivity contribution in [3.8, 4) is 17.3 Å². The minimum absolute atomic E-state index is 0.220. The summed E-state index contributed by atoms with van der Waals surface area (Å²) in [6, 6.07) is 16.0. The fourth-order valence-corrected chi connectivity index (χ4v) is 3.71. The van der Waals surface area contributed by atoms with Crippen LogP contribution in [0.1, 0.15) is 52.3 Å². The molecule has 0 saturated carbocycles. The molecule has 2 atom stereocenters. The molecule has 1 heterocycles. The molecule has 0 aliphatic rings. The van der Waals surface area contributed by atoms with E-state index in [9.17, 15) is 9.50 Å². The molecule has 3 rings (SSSR count). The summed E-state index contributed by atoms with van der Waals surface area (Å²) in [7, 11) is 0. The van der Waals surface area contributed by atoms with Gasteiger partial charge in [0.1, 0.15) is 11.6 Å². The van der Waals surface area contributed by atoms with Crippen molar-refractivity contribution in [1.82, 2.24) is 14.7 Å². The van der Waals surface area contributed by atoms with Gasteiger partial charge < -0.3 is 14.6 Å². The summed E-state index contributed by atoms with van der Waals surface area (Å²) in [5.41, 5.74) is 2.31. The molecule has 190 valence electrons. The normalized spacial score (nSPS) is 13.7. The van der Waals surface area contributed by atoms with Crippen LogP contribution >= 0.6 is 0 Å². The lowest BCUT2D eigenvalue weighted by atomic mass is 10.1. The van der Waals surface area contributed by atoms with Gasteiger partial charge in [0.05, 0.1) is 35.3 Å². The van der Waals surface area contributed by atoms with Crippen molar-refractivity contribution >= 4 is 0 Å². The Labute approximate surface area is 208 Å². The molecule has 0 bridgehead atoms. The highest BCUT2D eigenvalue weighted by Gasteiger charge is 2.25. The molecule has 0 aliphatic heterocycles. The van der Waals surface area contributed by atoms with Gasteiger partial charge >= 0.3 is 0 Å². The molecule has 0 saturated heterocycles. The first-order valence-electron chi connectivity index (χ1n) is 12.2. The van der Waals surface area contributed by atoms with Crippen molar-refractivity contribution in [3.63, 3.8) is 0 Å². The van der Waals surface area contributed by atoms with Gasteiger partial charge in [-0.05, 0) is 77.4 Å². The largest absolute Gasteiger partial charge is 0.439 e. The Morgan fingerprint density at radius 1 is 1.09 bits per heavy atom. The number of hydrogen-bond acceptors (Lipinski definition) is 5. The zero-order valence-corrected chi connectivity index (χ0v) is 21.7. The summed E-state index contributed by atoms with van der Waals surface area (Å²) < 4.78 is 27.4. The van der Waals surface area contributed by atoms with Crippen molar-refractivity contribution < 1.29 is 19.0 Å². The van der Waals surface area contributed by atoms with E-state index < -0.39 is 6.10 Å². The summed E-state index contributed by atoms with van der Waals surface area (Å²) >= 11 is 0. The Morgan fingerprint density at radius 2 is 1.74 bits per heavy atom. The van der Waals surface area contributed by atoms with Crippen LogP contribution in [0.2, 0.25) is 0 Å². The van der Waals surface area contributed by atoms with E-state index in [1.165, 1.54) is 12.1 Å². The molecular formula is C28H38FN3O3. The fraction of sp³-hybridized carbons (Fsp3) is 0.464. The number of benzene rings is 2.